The molecule has 19 heavy (non-hydrogen) atoms. The molecule has 1 aliphatic rings. The van der Waals surface area contributed by atoms with Gasteiger partial charge in [0.25, 0.3) is 0 Å². The fourth-order valence-corrected chi connectivity index (χ4v) is 4.84. The Labute approximate surface area is 122 Å². The van der Waals surface area contributed by atoms with Gasteiger partial charge in [-0.1, -0.05) is 23.8 Å². The van der Waals surface area contributed by atoms with Crippen LogP contribution in [0.25, 0.3) is 0 Å². The Morgan fingerprint density at radius 1 is 1.53 bits per heavy atom. The van der Waals surface area contributed by atoms with Crippen molar-refractivity contribution in [3.8, 4) is 0 Å². The summed E-state index contributed by atoms with van der Waals surface area (Å²) >= 11 is 10.7. The van der Waals surface area contributed by atoms with Crippen LogP contribution in [0.3, 0.4) is 0 Å². The Kier molecular flexibility index (Phi) is 3.88. The number of sulfone groups is 1. The predicted octanol–water partition coefficient (Wildman–Crippen LogP) is 1.80. The first-order valence-corrected chi connectivity index (χ1v) is 7.96. The topological polar surface area (TPSA) is 69.4 Å². The van der Waals surface area contributed by atoms with Crippen LogP contribution >= 0.6 is 23.8 Å². The van der Waals surface area contributed by atoms with Gasteiger partial charge in [0.1, 0.15) is 0 Å². The minimum absolute atomic E-state index is 0.192. The maximum Gasteiger partial charge on any atom is 0.182 e. The molecule has 7 heteroatoms. The molecule has 0 radical (unpaired) electrons. The molecular formula is C12H14ClNO3S2. The molecule has 0 amide bonds. The van der Waals surface area contributed by atoms with Gasteiger partial charge in [0.05, 0.1) is 27.2 Å². The molecule has 0 bridgehead atoms. The van der Waals surface area contributed by atoms with E-state index in [1.807, 2.05) is 0 Å². The van der Waals surface area contributed by atoms with Crippen LogP contribution in [0.2, 0.25) is 5.02 Å². The molecule has 0 aromatic heterocycles. The Hall–Kier alpha value is -0.690. The van der Waals surface area contributed by atoms with Gasteiger partial charge in [0.2, 0.25) is 0 Å². The molecule has 4 nitrogen and oxygen atoms in total. The molecular weight excluding hydrogens is 306 g/mol. The van der Waals surface area contributed by atoms with E-state index in [0.29, 0.717) is 11.4 Å². The lowest BCUT2D eigenvalue weighted by Crippen LogP contribution is -2.32. The second kappa shape index (κ2) is 5.01. The van der Waals surface area contributed by atoms with E-state index in [1.54, 1.807) is 12.1 Å². The molecule has 1 aliphatic carbocycles. The summed E-state index contributed by atoms with van der Waals surface area (Å²) in [4.78, 5) is 0.424. The Balaban J connectivity index is 2.33. The van der Waals surface area contributed by atoms with Crippen LogP contribution in [0.15, 0.2) is 29.2 Å². The first-order valence-electron chi connectivity index (χ1n) is 5.63. The first-order chi connectivity index (χ1) is 8.84. The van der Waals surface area contributed by atoms with E-state index in [0.717, 1.165) is 0 Å². The fourth-order valence-electron chi connectivity index (χ4n) is 2.21. The zero-order chi connectivity index (χ0) is 14.3. The second-order valence-electron chi connectivity index (χ2n) is 4.65. The largest absolute Gasteiger partial charge is 0.393 e. The third-order valence-corrected chi connectivity index (χ3v) is 6.37. The minimum atomic E-state index is -3.46. The third-order valence-electron chi connectivity index (χ3n) is 3.42. The average Bonchev–Trinajstić information content (AvgIpc) is 3.07. The maximum absolute atomic E-state index is 12.5. The summed E-state index contributed by atoms with van der Waals surface area (Å²) in [7, 11) is -1.96. The van der Waals surface area contributed by atoms with Gasteiger partial charge in [-0.3, -0.25) is 0 Å². The van der Waals surface area contributed by atoms with E-state index < -0.39 is 20.5 Å². The molecule has 1 aromatic carbocycles. The summed E-state index contributed by atoms with van der Waals surface area (Å²) in [6.07, 6.45) is 0.404. The molecule has 1 aromatic rings. The zero-order valence-electron chi connectivity index (χ0n) is 10.3. The summed E-state index contributed by atoms with van der Waals surface area (Å²) in [6, 6.07) is 6.09. The van der Waals surface area contributed by atoms with Crippen LogP contribution in [0, 0.1) is 5.41 Å². The highest BCUT2D eigenvalue weighted by atomic mass is 35.5. The van der Waals surface area contributed by atoms with Crippen molar-refractivity contribution in [2.45, 2.75) is 16.6 Å². The summed E-state index contributed by atoms with van der Waals surface area (Å²) < 4.78 is 30.0. The van der Waals surface area contributed by atoms with E-state index in [1.165, 1.54) is 19.2 Å². The zero-order valence-corrected chi connectivity index (χ0v) is 12.7. The predicted molar refractivity (Wildman–Crippen MR) is 78.1 cm³/mol. The number of nitrogens with two attached hydrogens (primary N) is 1. The lowest BCUT2D eigenvalue weighted by Gasteiger charge is -2.14. The van der Waals surface area contributed by atoms with Crippen molar-refractivity contribution < 1.29 is 13.2 Å². The van der Waals surface area contributed by atoms with Crippen LogP contribution < -0.4 is 5.73 Å². The number of thiocarbonyl (C=S) groups is 1. The smallest absolute Gasteiger partial charge is 0.182 e. The van der Waals surface area contributed by atoms with E-state index in [-0.39, 0.29) is 16.5 Å². The van der Waals surface area contributed by atoms with Crippen molar-refractivity contribution in [3.63, 3.8) is 0 Å². The van der Waals surface area contributed by atoms with E-state index >= 15 is 0 Å². The van der Waals surface area contributed by atoms with Gasteiger partial charge >= 0.3 is 0 Å². The van der Waals surface area contributed by atoms with Gasteiger partial charge in [0.15, 0.2) is 9.84 Å². The number of methoxy groups -OCH3 is 1. The molecule has 0 unspecified atom stereocenters. The van der Waals surface area contributed by atoms with Gasteiger partial charge in [-0.2, -0.15) is 0 Å². The SMILES string of the molecule is COC[C@]1(C(N)=S)C[C@@H]1S(=O)(=O)c1ccc(Cl)cc1. The van der Waals surface area contributed by atoms with Gasteiger partial charge < -0.3 is 10.5 Å². The van der Waals surface area contributed by atoms with Gasteiger partial charge in [0, 0.05) is 12.1 Å². The van der Waals surface area contributed by atoms with Crippen molar-refractivity contribution in [1.82, 2.24) is 0 Å². The molecule has 2 atom stereocenters. The Morgan fingerprint density at radius 3 is 2.58 bits per heavy atom. The highest BCUT2D eigenvalue weighted by Gasteiger charge is 2.63. The summed E-state index contributed by atoms with van der Waals surface area (Å²) in [5, 5.41) is -0.120. The van der Waals surface area contributed by atoms with Crippen molar-refractivity contribution in [2.75, 3.05) is 13.7 Å². The van der Waals surface area contributed by atoms with Gasteiger partial charge in [-0.05, 0) is 30.7 Å². The number of rotatable bonds is 5. The van der Waals surface area contributed by atoms with Crippen LogP contribution in [0.4, 0.5) is 0 Å². The Morgan fingerprint density at radius 2 is 2.11 bits per heavy atom. The summed E-state index contributed by atoms with van der Waals surface area (Å²) in [5.74, 6) is 0. The highest BCUT2D eigenvalue weighted by molar-refractivity contribution is 7.92. The number of hydrogen-bond donors (Lipinski definition) is 1. The molecule has 2 N–H and O–H groups in total. The molecule has 0 saturated heterocycles. The van der Waals surface area contributed by atoms with Crippen molar-refractivity contribution in [1.29, 1.82) is 0 Å². The standard InChI is InChI=1S/C12H14ClNO3S2/c1-17-7-12(11(14)18)6-10(12)19(15,16)9-4-2-8(13)3-5-9/h2-5,10H,6-7H2,1H3,(H2,14,18)/t10-,12+/m0/s1. The Bertz CT molecular complexity index is 600. The van der Waals surface area contributed by atoms with Crippen molar-refractivity contribution >= 4 is 38.6 Å². The van der Waals surface area contributed by atoms with Crippen LogP contribution in [0.1, 0.15) is 6.42 Å². The van der Waals surface area contributed by atoms with Crippen LogP contribution in [0.5, 0.6) is 0 Å². The molecule has 1 fully saturated rings. The van der Waals surface area contributed by atoms with E-state index in [2.05, 4.69) is 0 Å². The first kappa shape index (κ1) is 14.7. The van der Waals surface area contributed by atoms with Gasteiger partial charge in [-0.25, -0.2) is 8.42 Å². The molecule has 1 saturated carbocycles. The lowest BCUT2D eigenvalue weighted by atomic mass is 10.1. The number of hydrogen-bond acceptors (Lipinski definition) is 4. The number of benzene rings is 1. The maximum atomic E-state index is 12.5. The van der Waals surface area contributed by atoms with Crippen LogP contribution in [-0.2, 0) is 14.6 Å². The molecule has 2 rings (SSSR count). The van der Waals surface area contributed by atoms with Crippen LogP contribution in [-0.4, -0.2) is 32.4 Å². The average molecular weight is 320 g/mol. The summed E-state index contributed by atoms with van der Waals surface area (Å²) in [6.45, 7) is 0.222. The molecule has 0 aliphatic heterocycles. The highest BCUT2D eigenvalue weighted by Crippen LogP contribution is 2.53. The normalized spacial score (nSPS) is 26.1. The third kappa shape index (κ3) is 2.50. The number of ether oxygens (including phenoxy) is 1. The number of halogens is 1. The fraction of sp³-hybridized carbons (Fsp3) is 0.417. The quantitative estimate of drug-likeness (QED) is 0.838. The van der Waals surface area contributed by atoms with Crippen molar-refractivity contribution in [2.24, 2.45) is 11.1 Å². The monoisotopic (exact) mass is 319 g/mol. The van der Waals surface area contributed by atoms with Gasteiger partial charge in [-0.15, -0.1) is 0 Å². The van der Waals surface area contributed by atoms with E-state index in [9.17, 15) is 8.42 Å². The minimum Gasteiger partial charge on any atom is -0.393 e. The lowest BCUT2D eigenvalue weighted by molar-refractivity contribution is 0.169. The molecule has 0 heterocycles. The van der Waals surface area contributed by atoms with Crippen molar-refractivity contribution in [3.05, 3.63) is 29.3 Å². The summed E-state index contributed by atoms with van der Waals surface area (Å²) in [5.41, 5.74) is 4.94. The second-order valence-corrected chi connectivity index (χ2v) is 7.65. The van der Waals surface area contributed by atoms with E-state index in [4.69, 9.17) is 34.3 Å². The molecule has 0 spiro atoms. The molecule has 104 valence electrons.